The van der Waals surface area contributed by atoms with Gasteiger partial charge in [0.1, 0.15) is 23.4 Å². The predicted molar refractivity (Wildman–Crippen MR) is 145 cm³/mol. The Labute approximate surface area is 220 Å². The monoisotopic (exact) mass is 514 g/mol. The number of carbonyl (C=O) groups excluding carboxylic acids is 1. The second-order valence-electron chi connectivity index (χ2n) is 8.84. The van der Waals surface area contributed by atoms with Crippen LogP contribution in [0.2, 0.25) is 0 Å². The van der Waals surface area contributed by atoms with E-state index in [1.165, 1.54) is 12.1 Å². The number of carbonyl (C=O) groups is 1. The van der Waals surface area contributed by atoms with E-state index in [1.807, 2.05) is 59.5 Å². The van der Waals surface area contributed by atoms with E-state index in [9.17, 15) is 9.18 Å². The maximum absolute atomic E-state index is 13.4. The van der Waals surface area contributed by atoms with Gasteiger partial charge in [0, 0.05) is 30.4 Å². The molecule has 6 nitrogen and oxygen atoms in total. The fraction of sp³-hybridized carbons (Fsp3) is 0.207. The molecule has 4 aromatic rings. The highest BCUT2D eigenvalue weighted by Gasteiger charge is 2.41. The smallest absolute Gasteiger partial charge is 0.226 e. The second-order valence-corrected chi connectivity index (χ2v) is 9.22. The molecule has 1 saturated heterocycles. The van der Waals surface area contributed by atoms with E-state index in [0.717, 1.165) is 28.9 Å². The van der Waals surface area contributed by atoms with Gasteiger partial charge >= 0.3 is 0 Å². The van der Waals surface area contributed by atoms with Gasteiger partial charge in [0.15, 0.2) is 5.11 Å². The topological polar surface area (TPSA) is 70.4 Å². The summed E-state index contributed by atoms with van der Waals surface area (Å²) in [5.74, 6) is 0.915. The zero-order valence-electron chi connectivity index (χ0n) is 20.4. The van der Waals surface area contributed by atoms with Gasteiger partial charge in [0.2, 0.25) is 5.91 Å². The normalized spacial score (nSPS) is 17.0. The van der Waals surface area contributed by atoms with E-state index in [0.29, 0.717) is 23.2 Å². The summed E-state index contributed by atoms with van der Waals surface area (Å²) in [6, 6.07) is 22.9. The Morgan fingerprint density at radius 2 is 1.86 bits per heavy atom. The number of para-hydroxylation sites is 1. The molecule has 37 heavy (non-hydrogen) atoms. The number of aryl methyl sites for hydroxylation is 1. The van der Waals surface area contributed by atoms with Gasteiger partial charge in [-0.25, -0.2) is 4.39 Å². The van der Waals surface area contributed by atoms with Gasteiger partial charge in [-0.2, -0.15) is 0 Å². The minimum Gasteiger partial charge on any atom is -0.459 e. The number of nitrogens with zero attached hydrogens (tertiary/aromatic N) is 2. The third-order valence-electron chi connectivity index (χ3n) is 6.50. The summed E-state index contributed by atoms with van der Waals surface area (Å²) in [6.07, 6.45) is 2.82. The lowest BCUT2D eigenvalue weighted by atomic mass is 10.0. The van der Waals surface area contributed by atoms with Crippen LogP contribution in [0.4, 0.5) is 10.1 Å². The van der Waals surface area contributed by atoms with Crippen LogP contribution in [0.3, 0.4) is 0 Å². The van der Waals surface area contributed by atoms with Crippen LogP contribution in [0.25, 0.3) is 11.3 Å². The van der Waals surface area contributed by atoms with Gasteiger partial charge in [0.25, 0.3) is 0 Å². The van der Waals surface area contributed by atoms with Crippen LogP contribution in [0, 0.1) is 5.82 Å². The average Bonchev–Trinajstić information content (AvgIpc) is 3.53. The Kier molecular flexibility index (Phi) is 7.28. The maximum atomic E-state index is 13.4. The molecule has 3 heterocycles. The van der Waals surface area contributed by atoms with E-state index < -0.39 is 0 Å². The van der Waals surface area contributed by atoms with Crippen molar-refractivity contribution in [3.8, 4) is 11.3 Å². The molecular weight excluding hydrogens is 487 g/mol. The molecule has 0 unspecified atom stereocenters. The van der Waals surface area contributed by atoms with Crippen LogP contribution in [0.5, 0.6) is 0 Å². The third kappa shape index (κ3) is 5.39. The summed E-state index contributed by atoms with van der Waals surface area (Å²) in [7, 11) is 0. The Hall–Kier alpha value is -4.04. The lowest BCUT2D eigenvalue weighted by Crippen LogP contribution is -2.32. The van der Waals surface area contributed by atoms with Gasteiger partial charge in [-0.15, -0.1) is 0 Å². The Morgan fingerprint density at radius 3 is 2.62 bits per heavy atom. The number of nitrogens with one attached hydrogen (secondary N) is 2. The van der Waals surface area contributed by atoms with E-state index >= 15 is 0 Å². The lowest BCUT2D eigenvalue weighted by Gasteiger charge is -2.26. The fourth-order valence-electron chi connectivity index (χ4n) is 4.62. The summed E-state index contributed by atoms with van der Waals surface area (Å²) in [5.41, 5.74) is 3.51. The van der Waals surface area contributed by atoms with E-state index in [-0.39, 0.29) is 30.2 Å². The van der Waals surface area contributed by atoms with Gasteiger partial charge < -0.3 is 20.0 Å². The first kappa shape index (κ1) is 24.6. The highest BCUT2D eigenvalue weighted by molar-refractivity contribution is 7.80. The van der Waals surface area contributed by atoms with Crippen molar-refractivity contribution in [3.05, 3.63) is 108 Å². The highest BCUT2D eigenvalue weighted by atomic mass is 32.1. The average molecular weight is 515 g/mol. The van der Waals surface area contributed by atoms with Crippen molar-refractivity contribution in [3.63, 3.8) is 0 Å². The van der Waals surface area contributed by atoms with E-state index in [4.69, 9.17) is 16.6 Å². The van der Waals surface area contributed by atoms with E-state index in [2.05, 4.69) is 22.5 Å². The number of anilines is 1. The molecule has 1 aliphatic rings. The van der Waals surface area contributed by atoms with Crippen LogP contribution in [-0.4, -0.2) is 27.4 Å². The number of hydrogen-bond acceptors (Lipinski definition) is 4. The van der Waals surface area contributed by atoms with Crippen molar-refractivity contribution < 1.29 is 13.6 Å². The van der Waals surface area contributed by atoms with Crippen molar-refractivity contribution >= 4 is 28.9 Å². The number of pyridine rings is 1. The van der Waals surface area contributed by atoms with Crippen LogP contribution in [-0.2, 0) is 11.2 Å². The first-order valence-corrected chi connectivity index (χ1v) is 12.7. The molecule has 2 aromatic heterocycles. The molecular formula is C29H27FN4O2S. The van der Waals surface area contributed by atoms with Gasteiger partial charge in [0.05, 0.1) is 11.7 Å². The largest absolute Gasteiger partial charge is 0.459 e. The highest BCUT2D eigenvalue weighted by Crippen LogP contribution is 2.40. The van der Waals surface area contributed by atoms with Crippen molar-refractivity contribution in [2.75, 3.05) is 11.9 Å². The molecule has 2 N–H and O–H groups in total. The molecule has 1 amide bonds. The Bertz CT molecular complexity index is 1390. The summed E-state index contributed by atoms with van der Waals surface area (Å²) in [6.45, 7) is 2.46. The number of furan rings is 1. The second kappa shape index (κ2) is 10.9. The minimum absolute atomic E-state index is 0.0878. The molecule has 0 saturated carbocycles. The molecule has 5 rings (SSSR count). The molecule has 188 valence electrons. The first-order chi connectivity index (χ1) is 18.0. The number of amides is 1. The predicted octanol–water partition coefficient (Wildman–Crippen LogP) is 6.04. The summed E-state index contributed by atoms with van der Waals surface area (Å²) in [4.78, 5) is 19.4. The number of thiocarbonyl (C=S) groups is 1. The standard InChI is InChI=1S/C29H27FN4O2S/c1-2-19-7-3-4-8-22(19)32-26(35)16-18-34-28(27(33-29(34)37)23-9-5-6-17-31-23)25-15-14-24(36-25)20-10-12-21(30)13-11-20/h3-15,17,27-28H,2,16,18H2,1H3,(H,32,35)(H,33,37)/t27-,28-/m0/s1. The van der Waals surface area contributed by atoms with Gasteiger partial charge in [-0.1, -0.05) is 31.2 Å². The van der Waals surface area contributed by atoms with Gasteiger partial charge in [-0.3, -0.25) is 9.78 Å². The third-order valence-corrected chi connectivity index (χ3v) is 6.85. The number of aromatic nitrogens is 1. The van der Waals surface area contributed by atoms with Crippen molar-refractivity contribution in [2.24, 2.45) is 0 Å². The molecule has 1 fully saturated rings. The lowest BCUT2D eigenvalue weighted by molar-refractivity contribution is -0.116. The van der Waals surface area contributed by atoms with Crippen molar-refractivity contribution in [2.45, 2.75) is 31.8 Å². The summed E-state index contributed by atoms with van der Waals surface area (Å²) < 4.78 is 19.7. The first-order valence-electron chi connectivity index (χ1n) is 12.2. The molecule has 2 aromatic carbocycles. The number of hydrogen-bond donors (Lipinski definition) is 2. The summed E-state index contributed by atoms with van der Waals surface area (Å²) >= 11 is 5.70. The number of rotatable bonds is 8. The van der Waals surface area contributed by atoms with Crippen molar-refractivity contribution in [1.82, 2.24) is 15.2 Å². The number of halogens is 1. The molecule has 0 bridgehead atoms. The summed E-state index contributed by atoms with van der Waals surface area (Å²) in [5, 5.41) is 6.93. The molecule has 0 spiro atoms. The molecule has 0 aliphatic carbocycles. The van der Waals surface area contributed by atoms with Crippen molar-refractivity contribution in [1.29, 1.82) is 0 Å². The SMILES string of the molecule is CCc1ccccc1NC(=O)CCN1C(=S)N[C@@H](c2ccccn2)[C@@H]1c1ccc(-c2ccc(F)cc2)o1. The fourth-order valence-corrected chi connectivity index (χ4v) is 4.95. The van der Waals surface area contributed by atoms with Crippen LogP contribution < -0.4 is 10.6 Å². The molecule has 0 radical (unpaired) electrons. The van der Waals surface area contributed by atoms with Crippen LogP contribution in [0.15, 0.2) is 89.5 Å². The zero-order valence-corrected chi connectivity index (χ0v) is 21.2. The molecule has 1 aliphatic heterocycles. The zero-order chi connectivity index (χ0) is 25.8. The van der Waals surface area contributed by atoms with Crippen LogP contribution >= 0.6 is 12.2 Å². The molecule has 2 atom stereocenters. The van der Waals surface area contributed by atoms with E-state index in [1.54, 1.807) is 18.3 Å². The quantitative estimate of drug-likeness (QED) is 0.279. The van der Waals surface area contributed by atoms with Gasteiger partial charge in [-0.05, 0) is 78.8 Å². The Balaban J connectivity index is 1.39. The maximum Gasteiger partial charge on any atom is 0.226 e. The Morgan fingerprint density at radius 1 is 1.08 bits per heavy atom. The minimum atomic E-state index is -0.313. The number of benzene rings is 2. The van der Waals surface area contributed by atoms with Crippen LogP contribution in [0.1, 0.15) is 42.4 Å². The molecule has 8 heteroatoms.